The average Bonchev–Trinajstić information content (AvgIpc) is 3.54. The Bertz CT molecular complexity index is 796. The van der Waals surface area contributed by atoms with Crippen molar-refractivity contribution in [1.29, 1.82) is 0 Å². The predicted molar refractivity (Wildman–Crippen MR) is 235 cm³/mol. The van der Waals surface area contributed by atoms with Gasteiger partial charge in [-0.15, -0.1) is 0 Å². The molecule has 0 spiro atoms. The Hall–Kier alpha value is -0.790. The maximum atomic E-state index is 2.65. The molecule has 0 aliphatic heterocycles. The highest BCUT2D eigenvalue weighted by atomic mass is 15.1. The van der Waals surface area contributed by atoms with E-state index in [1.165, 1.54) is 283 Å². The van der Waals surface area contributed by atoms with Gasteiger partial charge in [-0.2, -0.15) is 0 Å². The Balaban J connectivity index is 2.18. The van der Waals surface area contributed by atoms with Crippen molar-refractivity contribution in [2.45, 2.75) is 304 Å². The molecule has 308 valence electrons. The lowest BCUT2D eigenvalue weighted by Crippen LogP contribution is -2.37. The van der Waals surface area contributed by atoms with Crippen LogP contribution in [0.1, 0.15) is 290 Å². The van der Waals surface area contributed by atoms with Crippen LogP contribution in [0.25, 0.3) is 0 Å². The van der Waals surface area contributed by atoms with Crippen molar-refractivity contribution in [2.75, 3.05) is 0 Å². The Kier molecular flexibility index (Phi) is 39.2. The van der Waals surface area contributed by atoms with E-state index in [1.54, 1.807) is 5.82 Å². The molecule has 0 fully saturated rings. The zero-order valence-electron chi connectivity index (χ0n) is 36.7. The summed E-state index contributed by atoms with van der Waals surface area (Å²) >= 11 is 0. The van der Waals surface area contributed by atoms with E-state index in [2.05, 4.69) is 42.3 Å². The number of rotatable bonds is 44. The van der Waals surface area contributed by atoms with Gasteiger partial charge < -0.3 is 0 Å². The van der Waals surface area contributed by atoms with Gasteiger partial charge in [-0.25, -0.2) is 9.13 Å². The molecule has 0 saturated heterocycles. The third-order valence-electron chi connectivity index (χ3n) is 12.1. The minimum atomic E-state index is 1.23. The molecule has 1 rings (SSSR count). The molecular weight excluding hydrogens is 629 g/mol. The van der Waals surface area contributed by atoms with Crippen LogP contribution in [0.4, 0.5) is 0 Å². The molecular formula is C50H99N2+. The van der Waals surface area contributed by atoms with Gasteiger partial charge in [-0.1, -0.05) is 252 Å². The SMILES string of the molecule is CCCCCCCCCCCCCCCCCCC[n+]1ccn(CCCCCCCCCCCCCCCCCC)c1CCCCCCCCCC. The van der Waals surface area contributed by atoms with Crippen LogP contribution in [0.2, 0.25) is 0 Å². The summed E-state index contributed by atoms with van der Waals surface area (Å²) in [6.07, 6.45) is 65.3. The summed E-state index contributed by atoms with van der Waals surface area (Å²) in [7, 11) is 0. The Morgan fingerprint density at radius 2 is 0.596 bits per heavy atom. The summed E-state index contributed by atoms with van der Waals surface area (Å²) in [5.41, 5.74) is 0. The second-order valence-electron chi connectivity index (χ2n) is 17.3. The van der Waals surface area contributed by atoms with Crippen LogP contribution in [0.5, 0.6) is 0 Å². The number of hydrogen-bond donors (Lipinski definition) is 0. The number of unbranched alkanes of at least 4 members (excludes halogenated alkanes) is 38. The molecule has 0 amide bonds. The first-order valence-electron chi connectivity index (χ1n) is 24.9. The third-order valence-corrected chi connectivity index (χ3v) is 12.1. The minimum absolute atomic E-state index is 1.23. The molecule has 0 N–H and O–H groups in total. The van der Waals surface area contributed by atoms with Crippen LogP contribution in [0.15, 0.2) is 12.4 Å². The number of hydrogen-bond acceptors (Lipinski definition) is 0. The molecule has 0 aromatic carbocycles. The number of aryl methyl sites for hydroxylation is 2. The summed E-state index contributed by atoms with van der Waals surface area (Å²) in [4.78, 5) is 0. The van der Waals surface area contributed by atoms with Crippen LogP contribution in [0.3, 0.4) is 0 Å². The highest BCUT2D eigenvalue weighted by Gasteiger charge is 2.16. The summed E-state index contributed by atoms with van der Waals surface area (Å²) in [6.45, 7) is 9.42. The smallest absolute Gasteiger partial charge is 0.234 e. The fraction of sp³-hybridized carbons (Fsp3) is 0.940. The lowest BCUT2D eigenvalue weighted by Gasteiger charge is -2.07. The van der Waals surface area contributed by atoms with Crippen LogP contribution < -0.4 is 4.57 Å². The molecule has 0 atom stereocenters. The minimum Gasteiger partial charge on any atom is -0.234 e. The quantitative estimate of drug-likeness (QED) is 0.0467. The molecule has 2 nitrogen and oxygen atoms in total. The van der Waals surface area contributed by atoms with E-state index in [0.29, 0.717) is 0 Å². The summed E-state index contributed by atoms with van der Waals surface area (Å²) in [6, 6.07) is 0. The van der Waals surface area contributed by atoms with E-state index in [4.69, 9.17) is 0 Å². The molecule has 0 bridgehead atoms. The monoisotopic (exact) mass is 728 g/mol. The molecule has 2 heteroatoms. The highest BCUT2D eigenvalue weighted by Crippen LogP contribution is 2.17. The lowest BCUT2D eigenvalue weighted by molar-refractivity contribution is -0.704. The van der Waals surface area contributed by atoms with Crippen molar-refractivity contribution in [2.24, 2.45) is 0 Å². The van der Waals surface area contributed by atoms with E-state index in [9.17, 15) is 0 Å². The van der Waals surface area contributed by atoms with Gasteiger partial charge in [-0.3, -0.25) is 0 Å². The van der Waals surface area contributed by atoms with Crippen molar-refractivity contribution < 1.29 is 4.57 Å². The van der Waals surface area contributed by atoms with E-state index < -0.39 is 0 Å². The first-order chi connectivity index (χ1) is 25.8. The van der Waals surface area contributed by atoms with Crippen LogP contribution in [-0.2, 0) is 19.5 Å². The fourth-order valence-electron chi connectivity index (χ4n) is 8.45. The number of imidazole rings is 1. The summed E-state index contributed by atoms with van der Waals surface area (Å²) < 4.78 is 5.30. The standard InChI is InChI=1S/C50H99N2/c1-4-7-10-13-16-19-21-23-25-27-29-31-33-35-38-41-44-47-52-49-48-51(50(52)45-42-39-36-18-15-12-9-6-3)46-43-40-37-34-32-30-28-26-24-22-20-17-14-11-8-5-2/h48-49H,4-47H2,1-3H3/q+1. The maximum absolute atomic E-state index is 2.65. The molecule has 0 saturated carbocycles. The Morgan fingerprint density at radius 1 is 0.327 bits per heavy atom. The van der Waals surface area contributed by atoms with Gasteiger partial charge in [0.25, 0.3) is 5.82 Å². The van der Waals surface area contributed by atoms with Crippen molar-refractivity contribution in [1.82, 2.24) is 4.57 Å². The first kappa shape index (κ1) is 49.2. The largest absolute Gasteiger partial charge is 0.256 e. The molecule has 0 aliphatic carbocycles. The van der Waals surface area contributed by atoms with E-state index in [0.717, 1.165) is 0 Å². The molecule has 0 aliphatic rings. The second-order valence-corrected chi connectivity index (χ2v) is 17.3. The van der Waals surface area contributed by atoms with Gasteiger partial charge in [0, 0.05) is 6.42 Å². The van der Waals surface area contributed by atoms with Crippen molar-refractivity contribution in [3.8, 4) is 0 Å². The van der Waals surface area contributed by atoms with Gasteiger partial charge in [0.1, 0.15) is 12.4 Å². The summed E-state index contributed by atoms with van der Waals surface area (Å²) in [5, 5.41) is 0. The predicted octanol–water partition coefficient (Wildman–Crippen LogP) is 17.4. The second kappa shape index (κ2) is 41.4. The average molecular weight is 728 g/mol. The highest BCUT2D eigenvalue weighted by molar-refractivity contribution is 4.84. The zero-order chi connectivity index (χ0) is 37.3. The van der Waals surface area contributed by atoms with Crippen molar-refractivity contribution in [3.05, 3.63) is 18.2 Å². The summed E-state index contributed by atoms with van der Waals surface area (Å²) in [5.74, 6) is 1.63. The number of aromatic nitrogens is 2. The maximum Gasteiger partial charge on any atom is 0.256 e. The normalized spacial score (nSPS) is 11.7. The van der Waals surface area contributed by atoms with Crippen LogP contribution in [0, 0.1) is 0 Å². The van der Waals surface area contributed by atoms with E-state index in [-0.39, 0.29) is 0 Å². The number of nitrogens with zero attached hydrogens (tertiary/aromatic N) is 2. The molecule has 1 aromatic rings. The van der Waals surface area contributed by atoms with Gasteiger partial charge in [0.05, 0.1) is 13.1 Å². The fourth-order valence-corrected chi connectivity index (χ4v) is 8.45. The molecule has 0 unspecified atom stereocenters. The van der Waals surface area contributed by atoms with E-state index in [1.807, 2.05) is 0 Å². The van der Waals surface area contributed by atoms with Gasteiger partial charge in [0.15, 0.2) is 0 Å². The van der Waals surface area contributed by atoms with Crippen LogP contribution >= 0.6 is 0 Å². The lowest BCUT2D eigenvalue weighted by atomic mass is 10.0. The zero-order valence-corrected chi connectivity index (χ0v) is 36.7. The van der Waals surface area contributed by atoms with Gasteiger partial charge in [0.2, 0.25) is 0 Å². The molecule has 1 aromatic heterocycles. The van der Waals surface area contributed by atoms with Gasteiger partial charge in [-0.05, 0) is 32.1 Å². The van der Waals surface area contributed by atoms with Crippen molar-refractivity contribution >= 4 is 0 Å². The molecule has 52 heavy (non-hydrogen) atoms. The van der Waals surface area contributed by atoms with Crippen LogP contribution in [-0.4, -0.2) is 4.57 Å². The first-order valence-corrected chi connectivity index (χ1v) is 24.9. The van der Waals surface area contributed by atoms with E-state index >= 15 is 0 Å². The Labute approximate surface area is 329 Å². The van der Waals surface area contributed by atoms with Gasteiger partial charge >= 0.3 is 0 Å². The topological polar surface area (TPSA) is 8.81 Å². The molecule has 0 radical (unpaired) electrons. The Morgan fingerprint density at radius 3 is 0.923 bits per heavy atom. The molecule has 1 heterocycles. The third kappa shape index (κ3) is 32.6. The van der Waals surface area contributed by atoms with Crippen molar-refractivity contribution in [3.63, 3.8) is 0 Å².